The van der Waals surface area contributed by atoms with Crippen molar-refractivity contribution in [2.45, 2.75) is 20.3 Å². The van der Waals surface area contributed by atoms with Crippen molar-refractivity contribution in [2.24, 2.45) is 0 Å². The van der Waals surface area contributed by atoms with Crippen molar-refractivity contribution in [3.05, 3.63) is 35.4 Å². The summed E-state index contributed by atoms with van der Waals surface area (Å²) in [5.41, 5.74) is 3.76. The van der Waals surface area contributed by atoms with Gasteiger partial charge in [0.15, 0.2) is 0 Å². The molecule has 0 bridgehead atoms. The van der Waals surface area contributed by atoms with Crippen molar-refractivity contribution in [1.82, 2.24) is 10.3 Å². The molecule has 1 aliphatic heterocycles. The Labute approximate surface area is 126 Å². The van der Waals surface area contributed by atoms with Crippen LogP contribution in [0.1, 0.15) is 18.1 Å². The maximum absolute atomic E-state index is 4.91. The van der Waals surface area contributed by atoms with Gasteiger partial charge in [-0.05, 0) is 36.6 Å². The third kappa shape index (κ3) is 2.89. The van der Waals surface area contributed by atoms with Gasteiger partial charge in [0.25, 0.3) is 0 Å². The highest BCUT2D eigenvalue weighted by Gasteiger charge is 2.14. The second kappa shape index (κ2) is 6.42. The van der Waals surface area contributed by atoms with E-state index in [0.717, 1.165) is 43.9 Å². The number of pyridine rings is 1. The smallest absolute Gasteiger partial charge is 0.132 e. The van der Waals surface area contributed by atoms with Gasteiger partial charge < -0.3 is 10.2 Å². The van der Waals surface area contributed by atoms with E-state index in [-0.39, 0.29) is 12.4 Å². The fourth-order valence-corrected chi connectivity index (χ4v) is 2.72. The molecule has 2 aromatic rings. The minimum Gasteiger partial charge on any atom is -0.354 e. The molecule has 3 rings (SSSR count). The molecule has 0 saturated carbocycles. The summed E-state index contributed by atoms with van der Waals surface area (Å²) >= 11 is 0. The zero-order chi connectivity index (χ0) is 13.2. The molecule has 1 aromatic heterocycles. The number of anilines is 1. The van der Waals surface area contributed by atoms with Crippen LogP contribution in [0.5, 0.6) is 0 Å². The lowest BCUT2D eigenvalue weighted by atomic mass is 10.1. The number of aryl methyl sites for hydroxylation is 2. The van der Waals surface area contributed by atoms with Gasteiger partial charge >= 0.3 is 0 Å². The normalized spacial score (nSPS) is 15.2. The van der Waals surface area contributed by atoms with Gasteiger partial charge in [0.05, 0.1) is 5.52 Å². The van der Waals surface area contributed by atoms with E-state index in [4.69, 9.17) is 4.98 Å². The van der Waals surface area contributed by atoms with Crippen LogP contribution in [0.4, 0.5) is 5.82 Å². The summed E-state index contributed by atoms with van der Waals surface area (Å²) in [4.78, 5) is 7.30. The standard InChI is InChI=1S/C16H21N3.ClH/c1-3-13-4-5-14-10-12(2)16(18-15(14)11-13)19-8-6-17-7-9-19;/h4-5,10-11,17H,3,6-9H2,1-2H3;1H. The van der Waals surface area contributed by atoms with Crippen molar-refractivity contribution >= 4 is 29.1 Å². The molecule has 0 aliphatic carbocycles. The first kappa shape index (κ1) is 15.1. The molecule has 20 heavy (non-hydrogen) atoms. The lowest BCUT2D eigenvalue weighted by Crippen LogP contribution is -2.44. The molecule has 1 fully saturated rings. The summed E-state index contributed by atoms with van der Waals surface area (Å²) < 4.78 is 0. The van der Waals surface area contributed by atoms with Gasteiger partial charge in [-0.1, -0.05) is 19.1 Å². The van der Waals surface area contributed by atoms with E-state index >= 15 is 0 Å². The van der Waals surface area contributed by atoms with Crippen LogP contribution in [0.3, 0.4) is 0 Å². The Bertz CT molecular complexity index is 592. The third-order valence-corrected chi connectivity index (χ3v) is 3.87. The number of fused-ring (bicyclic) bond motifs is 1. The summed E-state index contributed by atoms with van der Waals surface area (Å²) in [5, 5.41) is 4.63. The molecular weight excluding hydrogens is 270 g/mol. The number of halogens is 1. The van der Waals surface area contributed by atoms with Crippen LogP contribution < -0.4 is 10.2 Å². The van der Waals surface area contributed by atoms with Crippen LogP contribution in [0.15, 0.2) is 24.3 Å². The second-order valence-corrected chi connectivity index (χ2v) is 5.25. The predicted octanol–water partition coefficient (Wildman–Crippen LogP) is 2.94. The highest BCUT2D eigenvalue weighted by Crippen LogP contribution is 2.24. The predicted molar refractivity (Wildman–Crippen MR) is 88.2 cm³/mol. The van der Waals surface area contributed by atoms with Crippen LogP contribution in [-0.4, -0.2) is 31.2 Å². The Morgan fingerprint density at radius 2 is 1.95 bits per heavy atom. The van der Waals surface area contributed by atoms with Gasteiger partial charge in [-0.25, -0.2) is 4.98 Å². The van der Waals surface area contributed by atoms with Gasteiger partial charge in [0, 0.05) is 31.6 Å². The number of nitrogens with one attached hydrogen (secondary N) is 1. The molecule has 1 saturated heterocycles. The Balaban J connectivity index is 0.00000147. The molecule has 0 amide bonds. The van der Waals surface area contributed by atoms with Gasteiger partial charge in [-0.3, -0.25) is 0 Å². The van der Waals surface area contributed by atoms with Crippen LogP contribution in [0.2, 0.25) is 0 Å². The SMILES string of the molecule is CCc1ccc2cc(C)c(N3CCNCC3)nc2c1.Cl. The molecule has 3 nitrogen and oxygen atoms in total. The molecule has 1 N–H and O–H groups in total. The minimum absolute atomic E-state index is 0. The number of hydrogen-bond donors (Lipinski definition) is 1. The number of aromatic nitrogens is 1. The molecule has 1 aromatic carbocycles. The van der Waals surface area contributed by atoms with Crippen molar-refractivity contribution in [1.29, 1.82) is 0 Å². The summed E-state index contributed by atoms with van der Waals surface area (Å²) in [7, 11) is 0. The second-order valence-electron chi connectivity index (χ2n) is 5.25. The fraction of sp³-hybridized carbons (Fsp3) is 0.438. The third-order valence-electron chi connectivity index (χ3n) is 3.87. The van der Waals surface area contributed by atoms with Crippen molar-refractivity contribution in [3.8, 4) is 0 Å². The molecule has 0 unspecified atom stereocenters. The lowest BCUT2D eigenvalue weighted by Gasteiger charge is -2.29. The van der Waals surface area contributed by atoms with E-state index in [1.807, 2.05) is 0 Å². The highest BCUT2D eigenvalue weighted by atomic mass is 35.5. The molecule has 108 valence electrons. The van der Waals surface area contributed by atoms with Crippen LogP contribution in [-0.2, 0) is 6.42 Å². The van der Waals surface area contributed by atoms with E-state index in [9.17, 15) is 0 Å². The Morgan fingerprint density at radius 1 is 1.20 bits per heavy atom. The molecule has 0 atom stereocenters. The van der Waals surface area contributed by atoms with Crippen molar-refractivity contribution in [2.75, 3.05) is 31.1 Å². The maximum Gasteiger partial charge on any atom is 0.132 e. The van der Waals surface area contributed by atoms with E-state index in [2.05, 4.69) is 48.3 Å². The molecule has 0 radical (unpaired) electrons. The van der Waals surface area contributed by atoms with Crippen molar-refractivity contribution in [3.63, 3.8) is 0 Å². The van der Waals surface area contributed by atoms with E-state index in [0.29, 0.717) is 0 Å². The monoisotopic (exact) mass is 291 g/mol. The highest BCUT2D eigenvalue weighted by molar-refractivity contribution is 5.85. The number of rotatable bonds is 2. The fourth-order valence-electron chi connectivity index (χ4n) is 2.72. The average Bonchev–Trinajstić information content (AvgIpc) is 2.47. The van der Waals surface area contributed by atoms with E-state index in [1.54, 1.807) is 0 Å². The lowest BCUT2D eigenvalue weighted by molar-refractivity contribution is 0.584. The number of piperazine rings is 1. The molecule has 2 heterocycles. The number of hydrogen-bond acceptors (Lipinski definition) is 3. The first-order chi connectivity index (χ1) is 9.28. The zero-order valence-corrected chi connectivity index (χ0v) is 13.0. The van der Waals surface area contributed by atoms with Gasteiger partial charge in [0.1, 0.15) is 5.82 Å². The largest absolute Gasteiger partial charge is 0.354 e. The summed E-state index contributed by atoms with van der Waals surface area (Å²) in [6.45, 7) is 8.55. The molecule has 0 spiro atoms. The Hall–Kier alpha value is -1.32. The van der Waals surface area contributed by atoms with Gasteiger partial charge in [-0.2, -0.15) is 0 Å². The maximum atomic E-state index is 4.91. The molecule has 1 aliphatic rings. The first-order valence-corrected chi connectivity index (χ1v) is 7.14. The topological polar surface area (TPSA) is 28.2 Å². The Morgan fingerprint density at radius 3 is 2.65 bits per heavy atom. The molecule has 4 heteroatoms. The van der Waals surface area contributed by atoms with Gasteiger partial charge in [-0.15, -0.1) is 12.4 Å². The summed E-state index contributed by atoms with van der Waals surface area (Å²) in [5.74, 6) is 1.15. The average molecular weight is 292 g/mol. The zero-order valence-electron chi connectivity index (χ0n) is 12.1. The number of nitrogens with zero attached hydrogens (tertiary/aromatic N) is 2. The Kier molecular flexibility index (Phi) is 4.84. The number of benzene rings is 1. The summed E-state index contributed by atoms with van der Waals surface area (Å²) in [6.07, 6.45) is 1.06. The van der Waals surface area contributed by atoms with Crippen LogP contribution in [0, 0.1) is 6.92 Å². The van der Waals surface area contributed by atoms with Crippen LogP contribution in [0.25, 0.3) is 10.9 Å². The first-order valence-electron chi connectivity index (χ1n) is 7.14. The van der Waals surface area contributed by atoms with Crippen molar-refractivity contribution < 1.29 is 0 Å². The van der Waals surface area contributed by atoms with E-state index in [1.165, 1.54) is 16.5 Å². The van der Waals surface area contributed by atoms with Crippen LogP contribution >= 0.6 is 12.4 Å². The van der Waals surface area contributed by atoms with Gasteiger partial charge in [0.2, 0.25) is 0 Å². The molecular formula is C16H22ClN3. The van der Waals surface area contributed by atoms with E-state index < -0.39 is 0 Å². The summed E-state index contributed by atoms with van der Waals surface area (Å²) in [6, 6.07) is 8.88. The quantitative estimate of drug-likeness (QED) is 0.922. The minimum atomic E-state index is 0.